The van der Waals surface area contributed by atoms with Gasteiger partial charge in [0.15, 0.2) is 0 Å². The zero-order valence-electron chi connectivity index (χ0n) is 22.7. The second-order valence-electron chi connectivity index (χ2n) is 10.2. The third-order valence-corrected chi connectivity index (χ3v) is 11.8. The first-order valence-electron chi connectivity index (χ1n) is 13.5. The summed E-state index contributed by atoms with van der Waals surface area (Å²) < 4.78 is 27.7. The SMILES string of the molecule is NCC1CSCN1Cc1nc(C(=O)c2nc(CN3CSCC3CN)sc2-c2ccc(F)cc2)c(-c2ccc(F)cc2)s1. The lowest BCUT2D eigenvalue weighted by atomic mass is 10.1. The number of carbonyl (C=O) groups is 1. The molecule has 0 bridgehead atoms. The summed E-state index contributed by atoms with van der Waals surface area (Å²) in [6.45, 7) is 2.25. The summed E-state index contributed by atoms with van der Waals surface area (Å²) in [6, 6.07) is 12.7. The van der Waals surface area contributed by atoms with Crippen LogP contribution in [0.5, 0.6) is 0 Å². The van der Waals surface area contributed by atoms with E-state index in [1.807, 2.05) is 23.5 Å². The van der Waals surface area contributed by atoms with Gasteiger partial charge >= 0.3 is 0 Å². The lowest BCUT2D eigenvalue weighted by molar-refractivity contribution is 0.103. The van der Waals surface area contributed by atoms with Crippen molar-refractivity contribution in [1.82, 2.24) is 19.8 Å². The number of aromatic nitrogens is 2. The Morgan fingerprint density at radius 1 is 0.738 bits per heavy atom. The van der Waals surface area contributed by atoms with E-state index in [-0.39, 0.29) is 40.9 Å². The van der Waals surface area contributed by atoms with Gasteiger partial charge in [-0.1, -0.05) is 24.3 Å². The van der Waals surface area contributed by atoms with Crippen molar-refractivity contribution in [2.45, 2.75) is 25.2 Å². The molecule has 2 saturated heterocycles. The van der Waals surface area contributed by atoms with Crippen LogP contribution in [0, 0.1) is 11.6 Å². The molecule has 2 atom stereocenters. The van der Waals surface area contributed by atoms with Crippen molar-refractivity contribution in [3.63, 3.8) is 0 Å². The summed E-state index contributed by atoms with van der Waals surface area (Å²) in [6.07, 6.45) is 0. The number of thiazole rings is 2. The molecule has 220 valence electrons. The minimum Gasteiger partial charge on any atom is -0.329 e. The molecule has 6 rings (SSSR count). The summed E-state index contributed by atoms with van der Waals surface area (Å²) in [5, 5.41) is 1.58. The van der Waals surface area contributed by atoms with Crippen LogP contribution in [0.25, 0.3) is 20.9 Å². The average Bonchev–Trinajstić information content (AvgIpc) is 3.81. The Morgan fingerprint density at radius 2 is 1.14 bits per heavy atom. The van der Waals surface area contributed by atoms with E-state index >= 15 is 0 Å². The van der Waals surface area contributed by atoms with Gasteiger partial charge in [0, 0.05) is 48.4 Å². The number of benzene rings is 2. The maximum Gasteiger partial charge on any atom is 0.232 e. The molecule has 0 amide bonds. The minimum absolute atomic E-state index is 0.250. The molecule has 4 N–H and O–H groups in total. The second kappa shape index (κ2) is 13.2. The summed E-state index contributed by atoms with van der Waals surface area (Å²) >= 11 is 6.53. The molecule has 0 aliphatic carbocycles. The fraction of sp³-hybridized carbons (Fsp3) is 0.345. The second-order valence-corrected chi connectivity index (χ2v) is 14.4. The zero-order chi connectivity index (χ0) is 29.2. The highest BCUT2D eigenvalue weighted by Crippen LogP contribution is 2.38. The van der Waals surface area contributed by atoms with Crippen molar-refractivity contribution in [1.29, 1.82) is 0 Å². The Hall–Kier alpha value is -2.23. The lowest BCUT2D eigenvalue weighted by Crippen LogP contribution is -2.36. The first kappa shape index (κ1) is 29.8. The van der Waals surface area contributed by atoms with Crippen LogP contribution >= 0.6 is 46.2 Å². The van der Waals surface area contributed by atoms with Crippen molar-refractivity contribution in [2.24, 2.45) is 11.5 Å². The van der Waals surface area contributed by atoms with Crippen LogP contribution in [0.1, 0.15) is 26.2 Å². The third kappa shape index (κ3) is 6.34. The van der Waals surface area contributed by atoms with E-state index in [0.29, 0.717) is 47.1 Å². The van der Waals surface area contributed by atoms with E-state index in [4.69, 9.17) is 21.4 Å². The number of nitrogens with two attached hydrogens (primary N) is 2. The molecule has 2 aliphatic rings. The largest absolute Gasteiger partial charge is 0.329 e. The lowest BCUT2D eigenvalue weighted by Gasteiger charge is -2.20. The van der Waals surface area contributed by atoms with Gasteiger partial charge in [0.25, 0.3) is 0 Å². The van der Waals surface area contributed by atoms with E-state index in [9.17, 15) is 13.6 Å². The molecule has 0 spiro atoms. The number of halogens is 2. The Bertz CT molecular complexity index is 1430. The fourth-order valence-corrected chi connectivity index (χ4v) is 9.75. The Balaban J connectivity index is 1.40. The van der Waals surface area contributed by atoms with Gasteiger partial charge in [-0.05, 0) is 35.4 Å². The summed E-state index contributed by atoms with van der Waals surface area (Å²) in [4.78, 5) is 30.0. The van der Waals surface area contributed by atoms with Gasteiger partial charge in [0.2, 0.25) is 5.78 Å². The summed E-state index contributed by atoms with van der Waals surface area (Å²) in [7, 11) is 0. The third-order valence-electron chi connectivity index (χ3n) is 7.37. The quantitative estimate of drug-likeness (QED) is 0.228. The van der Waals surface area contributed by atoms with Gasteiger partial charge in [-0.3, -0.25) is 14.6 Å². The maximum absolute atomic E-state index is 14.4. The average molecular weight is 645 g/mol. The molecular formula is C29H30F2N6OS4. The van der Waals surface area contributed by atoms with Crippen LogP contribution in [0.15, 0.2) is 48.5 Å². The number of rotatable bonds is 10. The predicted molar refractivity (Wildman–Crippen MR) is 170 cm³/mol. The highest BCUT2D eigenvalue weighted by Gasteiger charge is 2.31. The van der Waals surface area contributed by atoms with E-state index in [2.05, 4.69) is 9.80 Å². The van der Waals surface area contributed by atoms with E-state index < -0.39 is 0 Å². The van der Waals surface area contributed by atoms with Crippen molar-refractivity contribution in [3.8, 4) is 20.9 Å². The molecule has 13 heteroatoms. The molecule has 0 radical (unpaired) electrons. The maximum atomic E-state index is 14.4. The Morgan fingerprint density at radius 3 is 1.52 bits per heavy atom. The molecule has 4 heterocycles. The molecule has 42 heavy (non-hydrogen) atoms. The topological polar surface area (TPSA) is 101 Å². The Kier molecular flexibility index (Phi) is 9.36. The van der Waals surface area contributed by atoms with Crippen LogP contribution in [0.3, 0.4) is 0 Å². The molecular weight excluding hydrogens is 615 g/mol. The summed E-state index contributed by atoms with van der Waals surface area (Å²) in [5.41, 5.74) is 14.0. The highest BCUT2D eigenvalue weighted by molar-refractivity contribution is 7.99. The van der Waals surface area contributed by atoms with Crippen LogP contribution in [0.2, 0.25) is 0 Å². The normalized spacial score (nSPS) is 19.6. The number of hydrogen-bond acceptors (Lipinski definition) is 11. The van der Waals surface area contributed by atoms with Crippen molar-refractivity contribution in [2.75, 3.05) is 36.3 Å². The van der Waals surface area contributed by atoms with Crippen LogP contribution < -0.4 is 11.5 Å². The fourth-order valence-electron chi connectivity index (χ4n) is 5.04. The first-order chi connectivity index (χ1) is 20.4. The number of ketones is 1. The first-order valence-corrected chi connectivity index (χ1v) is 17.5. The number of carbonyl (C=O) groups excluding carboxylic acids is 1. The van der Waals surface area contributed by atoms with Crippen molar-refractivity contribution < 1.29 is 13.6 Å². The van der Waals surface area contributed by atoms with Crippen LogP contribution in [-0.4, -0.2) is 74.0 Å². The molecule has 7 nitrogen and oxygen atoms in total. The van der Waals surface area contributed by atoms with Gasteiger partial charge < -0.3 is 11.5 Å². The van der Waals surface area contributed by atoms with Gasteiger partial charge in [-0.2, -0.15) is 0 Å². The van der Waals surface area contributed by atoms with Gasteiger partial charge in [0.05, 0.1) is 22.8 Å². The number of thioether (sulfide) groups is 2. The molecule has 2 unspecified atom stereocenters. The van der Waals surface area contributed by atoms with Gasteiger partial charge in [0.1, 0.15) is 33.0 Å². The van der Waals surface area contributed by atoms with Crippen LogP contribution in [0.4, 0.5) is 8.78 Å². The van der Waals surface area contributed by atoms with Crippen molar-refractivity contribution >= 4 is 52.0 Å². The van der Waals surface area contributed by atoms with Gasteiger partial charge in [-0.25, -0.2) is 18.7 Å². The monoisotopic (exact) mass is 644 g/mol. The highest BCUT2D eigenvalue weighted by atomic mass is 32.2. The number of nitrogens with zero attached hydrogens (tertiary/aromatic N) is 4. The molecule has 0 saturated carbocycles. The standard InChI is InChI=1S/C29H30F2N6OS4/c30-19-5-1-17(2-6-19)28-25(34-23(41-28)11-36-15-39-13-21(36)9-32)27(38)26-29(18-3-7-20(31)8-4-18)42-24(35-26)12-37-16-40-14-22(37)10-33/h1-8,21-22H,9-16,32-33H2. The molecule has 2 aliphatic heterocycles. The van der Waals surface area contributed by atoms with Crippen molar-refractivity contribution in [3.05, 3.63) is 81.6 Å². The number of hydrogen-bond donors (Lipinski definition) is 2. The van der Waals surface area contributed by atoms with E-state index in [1.165, 1.54) is 46.9 Å². The molecule has 2 aromatic heterocycles. The molecule has 2 aromatic carbocycles. The molecule has 4 aromatic rings. The Labute approximate surface area is 259 Å². The van der Waals surface area contributed by atoms with E-state index in [0.717, 1.165) is 33.3 Å². The zero-order valence-corrected chi connectivity index (χ0v) is 25.9. The minimum atomic E-state index is -0.352. The molecule has 2 fully saturated rings. The van der Waals surface area contributed by atoms with Crippen LogP contribution in [-0.2, 0) is 13.1 Å². The smallest absolute Gasteiger partial charge is 0.232 e. The van der Waals surface area contributed by atoms with Gasteiger partial charge in [-0.15, -0.1) is 46.2 Å². The summed E-state index contributed by atoms with van der Waals surface area (Å²) in [5.74, 6) is 2.60. The predicted octanol–water partition coefficient (Wildman–Crippen LogP) is 5.11. The van der Waals surface area contributed by atoms with E-state index in [1.54, 1.807) is 24.3 Å².